The molecule has 2 heteroatoms. The van der Waals surface area contributed by atoms with Gasteiger partial charge in [0.05, 0.1) is 0 Å². The molecule has 118 valence electrons. The van der Waals surface area contributed by atoms with Crippen molar-refractivity contribution in [1.82, 2.24) is 0 Å². The maximum absolute atomic E-state index is 4.96. The largest absolute Gasteiger partial charge is 0.176 e. The summed E-state index contributed by atoms with van der Waals surface area (Å²) in [6.07, 6.45) is 13.6. The zero-order valence-corrected chi connectivity index (χ0v) is 15.3. The summed E-state index contributed by atoms with van der Waals surface area (Å²) in [5.41, 5.74) is 2.78. The summed E-state index contributed by atoms with van der Waals surface area (Å²) in [5, 5.41) is 1.26. The van der Waals surface area contributed by atoms with Gasteiger partial charge in [0.1, 0.15) is 0 Å². The third kappa shape index (κ3) is 2.04. The van der Waals surface area contributed by atoms with Gasteiger partial charge in [-0.25, -0.2) is 0 Å². The zero-order valence-electron chi connectivity index (χ0n) is 13.5. The normalized spacial score (nSPS) is 56.2. The van der Waals surface area contributed by atoms with E-state index < -0.39 is 0 Å². The lowest BCUT2D eigenvalue weighted by Crippen LogP contribution is -2.50. The molecule has 0 aromatic heterocycles. The van der Waals surface area contributed by atoms with Crippen LogP contribution in [0.3, 0.4) is 0 Å². The maximum atomic E-state index is 4.96. The van der Waals surface area contributed by atoms with Crippen LogP contribution in [0.1, 0.15) is 65.2 Å². The van der Waals surface area contributed by atoms with Crippen molar-refractivity contribution in [3.8, 4) is 0 Å². The van der Waals surface area contributed by atoms with E-state index in [1.165, 1.54) is 51.4 Å². The number of hydrogen-bond acceptors (Lipinski definition) is 2. The molecule has 0 aliphatic heterocycles. The van der Waals surface area contributed by atoms with Gasteiger partial charge in [0.15, 0.2) is 0 Å². The van der Waals surface area contributed by atoms with E-state index in [1.807, 2.05) is 0 Å². The Morgan fingerprint density at radius 3 is 2.62 bits per heavy atom. The first-order valence-electron chi connectivity index (χ1n) is 9.01. The van der Waals surface area contributed by atoms with Gasteiger partial charge in [-0.05, 0) is 80.0 Å². The van der Waals surface area contributed by atoms with E-state index in [2.05, 4.69) is 19.9 Å². The fraction of sp³-hybridized carbons (Fsp3) is 0.895. The molecule has 3 fully saturated rings. The van der Waals surface area contributed by atoms with Crippen LogP contribution in [0.25, 0.3) is 0 Å². The summed E-state index contributed by atoms with van der Waals surface area (Å²) < 4.78 is 0. The highest BCUT2D eigenvalue weighted by Crippen LogP contribution is 2.65. The molecule has 21 heavy (non-hydrogen) atoms. The van der Waals surface area contributed by atoms with E-state index in [-0.39, 0.29) is 0 Å². The fourth-order valence-corrected chi connectivity index (χ4v) is 7.41. The Labute approximate surface area is 141 Å². The molecule has 2 unspecified atom stereocenters. The van der Waals surface area contributed by atoms with Gasteiger partial charge >= 0.3 is 0 Å². The number of allylic oxidation sites excluding steroid dienone is 2. The highest BCUT2D eigenvalue weighted by molar-refractivity contribution is 7.81. The first-order valence-corrected chi connectivity index (χ1v) is 10.0. The predicted molar refractivity (Wildman–Crippen MR) is 97.3 cm³/mol. The van der Waals surface area contributed by atoms with Crippen LogP contribution < -0.4 is 0 Å². The minimum atomic E-state index is 0.498. The average Bonchev–Trinajstić information content (AvgIpc) is 2.76. The first-order chi connectivity index (χ1) is 9.95. The van der Waals surface area contributed by atoms with Crippen molar-refractivity contribution < 1.29 is 0 Å². The highest BCUT2D eigenvalue weighted by Gasteiger charge is 2.57. The minimum absolute atomic E-state index is 0.498. The van der Waals surface area contributed by atoms with Gasteiger partial charge < -0.3 is 0 Å². The smallest absolute Gasteiger partial charge is 0.00735 e. The molecule has 0 spiro atoms. The lowest BCUT2D eigenvalue weighted by atomic mass is 9.48. The van der Waals surface area contributed by atoms with E-state index in [0.717, 1.165) is 17.8 Å². The van der Waals surface area contributed by atoms with Crippen LogP contribution in [0.2, 0.25) is 0 Å². The first kappa shape index (κ1) is 15.0. The van der Waals surface area contributed by atoms with E-state index in [1.54, 1.807) is 5.57 Å². The minimum Gasteiger partial charge on any atom is -0.176 e. The Kier molecular flexibility index (Phi) is 3.55. The van der Waals surface area contributed by atoms with E-state index in [4.69, 9.17) is 25.3 Å². The molecule has 0 aromatic rings. The van der Waals surface area contributed by atoms with Gasteiger partial charge in [0.2, 0.25) is 0 Å². The van der Waals surface area contributed by atoms with Gasteiger partial charge in [-0.15, -0.1) is 0 Å². The average molecular weight is 323 g/mol. The van der Waals surface area contributed by atoms with Crippen LogP contribution in [0.5, 0.6) is 0 Å². The third-order valence-corrected chi connectivity index (χ3v) is 9.32. The van der Waals surface area contributed by atoms with Crippen molar-refractivity contribution >= 4 is 25.3 Å². The number of thiol groups is 2. The quantitative estimate of drug-likeness (QED) is 0.424. The second kappa shape index (κ2) is 4.97. The SMILES string of the molecule is C[C@]12CCC(S)CC1=CC[C@@H]1[C@H]2CC[C@]2(C)C(S)CC[C@@H]12. The van der Waals surface area contributed by atoms with Crippen LogP contribution in [-0.4, -0.2) is 10.5 Å². The molecule has 0 saturated heterocycles. The molecule has 0 amide bonds. The highest BCUT2D eigenvalue weighted by atomic mass is 32.1. The molecule has 4 aliphatic carbocycles. The van der Waals surface area contributed by atoms with Crippen molar-refractivity contribution in [1.29, 1.82) is 0 Å². The monoisotopic (exact) mass is 322 g/mol. The summed E-state index contributed by atoms with van der Waals surface area (Å²) in [5.74, 6) is 2.81. The van der Waals surface area contributed by atoms with Gasteiger partial charge in [0.25, 0.3) is 0 Å². The Balaban J connectivity index is 1.68. The van der Waals surface area contributed by atoms with E-state index in [9.17, 15) is 0 Å². The van der Waals surface area contributed by atoms with Gasteiger partial charge in [-0.1, -0.05) is 25.5 Å². The number of hydrogen-bond donors (Lipinski definition) is 2. The molecule has 7 atom stereocenters. The standard InChI is InChI=1S/C19H30S2/c1-18-9-7-13(20)11-12(18)3-4-14-15-5-6-17(21)19(15,2)10-8-16(14)18/h3,13-17,20-21H,4-11H2,1-2H3/t13?,14-,15-,16+,17?,18-,19-/m0/s1. The van der Waals surface area contributed by atoms with E-state index in [0.29, 0.717) is 21.3 Å². The van der Waals surface area contributed by atoms with Crippen molar-refractivity contribution in [3.05, 3.63) is 11.6 Å². The molecule has 0 radical (unpaired) electrons. The summed E-state index contributed by atoms with van der Waals surface area (Å²) in [7, 11) is 0. The summed E-state index contributed by atoms with van der Waals surface area (Å²) in [6.45, 7) is 5.13. The molecule has 3 saturated carbocycles. The Bertz CT molecular complexity index is 470. The third-order valence-electron chi connectivity index (χ3n) is 8.03. The molecule has 4 aliphatic rings. The van der Waals surface area contributed by atoms with E-state index >= 15 is 0 Å². The van der Waals surface area contributed by atoms with Crippen molar-refractivity contribution in [2.45, 2.75) is 75.7 Å². The van der Waals surface area contributed by atoms with Gasteiger partial charge in [-0.3, -0.25) is 0 Å². The molecule has 0 N–H and O–H groups in total. The lowest BCUT2D eigenvalue weighted by molar-refractivity contribution is -0.0225. The maximum Gasteiger partial charge on any atom is 0.00735 e. The van der Waals surface area contributed by atoms with Crippen LogP contribution >= 0.6 is 25.3 Å². The Morgan fingerprint density at radius 1 is 1.00 bits per heavy atom. The summed E-state index contributed by atoms with van der Waals surface area (Å²) >= 11 is 9.72. The summed E-state index contributed by atoms with van der Waals surface area (Å²) in [6, 6.07) is 0. The molecule has 0 aromatic carbocycles. The fourth-order valence-electron chi connectivity index (χ4n) is 6.61. The van der Waals surface area contributed by atoms with Crippen molar-refractivity contribution in [3.63, 3.8) is 0 Å². The van der Waals surface area contributed by atoms with Crippen LogP contribution in [0.15, 0.2) is 11.6 Å². The van der Waals surface area contributed by atoms with Crippen molar-refractivity contribution in [2.24, 2.45) is 28.6 Å². The van der Waals surface area contributed by atoms with Gasteiger partial charge in [0, 0.05) is 10.5 Å². The number of rotatable bonds is 0. The lowest BCUT2D eigenvalue weighted by Gasteiger charge is -2.57. The second-order valence-electron chi connectivity index (χ2n) is 8.79. The Morgan fingerprint density at radius 2 is 1.81 bits per heavy atom. The molecule has 0 nitrogen and oxygen atoms in total. The van der Waals surface area contributed by atoms with Crippen molar-refractivity contribution in [2.75, 3.05) is 0 Å². The molecule has 4 rings (SSSR count). The molecule has 0 heterocycles. The molecular formula is C19H30S2. The van der Waals surface area contributed by atoms with Crippen LogP contribution in [0.4, 0.5) is 0 Å². The zero-order chi connectivity index (χ0) is 14.8. The Hall–Kier alpha value is 0.440. The van der Waals surface area contributed by atoms with Crippen LogP contribution in [0, 0.1) is 28.6 Å². The topological polar surface area (TPSA) is 0 Å². The predicted octanol–water partition coefficient (Wildman–Crippen LogP) is 5.55. The van der Waals surface area contributed by atoms with Gasteiger partial charge in [-0.2, -0.15) is 25.3 Å². The molecular weight excluding hydrogens is 292 g/mol. The second-order valence-corrected chi connectivity index (χ2v) is 10.1. The van der Waals surface area contributed by atoms with Crippen LogP contribution in [-0.2, 0) is 0 Å². The number of fused-ring (bicyclic) bond motifs is 5. The molecule has 0 bridgehead atoms. The summed E-state index contributed by atoms with van der Waals surface area (Å²) in [4.78, 5) is 0.